The number of carbonyl (C=O) groups is 1. The van der Waals surface area contributed by atoms with Crippen LogP contribution in [0.3, 0.4) is 0 Å². The molecule has 24 heavy (non-hydrogen) atoms. The van der Waals surface area contributed by atoms with Gasteiger partial charge in [-0.25, -0.2) is 4.98 Å². The molecule has 1 aromatic heterocycles. The number of benzene rings is 1. The smallest absolute Gasteiger partial charge is 0.325 e. The SMILES string of the molecule is Nc1ccc([C@H](C(=O)O)N2CCC(Cc3ccccc3)CC2)cn1. The summed E-state index contributed by atoms with van der Waals surface area (Å²) in [6, 6.07) is 13.3. The number of aliphatic carboxylic acids is 1. The summed E-state index contributed by atoms with van der Waals surface area (Å²) >= 11 is 0. The number of hydrogen-bond donors (Lipinski definition) is 2. The van der Waals surface area contributed by atoms with Crippen LogP contribution in [0, 0.1) is 5.92 Å². The fourth-order valence-corrected chi connectivity index (χ4v) is 3.45. The Balaban J connectivity index is 1.63. The van der Waals surface area contributed by atoms with Gasteiger partial charge >= 0.3 is 5.97 Å². The maximum absolute atomic E-state index is 11.8. The lowest BCUT2D eigenvalue weighted by molar-refractivity contribution is -0.144. The zero-order valence-corrected chi connectivity index (χ0v) is 13.6. The predicted molar refractivity (Wildman–Crippen MR) is 93.5 cm³/mol. The zero-order chi connectivity index (χ0) is 16.9. The van der Waals surface area contributed by atoms with Gasteiger partial charge in [-0.3, -0.25) is 9.69 Å². The number of piperidine rings is 1. The first kappa shape index (κ1) is 16.5. The summed E-state index contributed by atoms with van der Waals surface area (Å²) in [6.45, 7) is 1.58. The van der Waals surface area contributed by atoms with E-state index < -0.39 is 12.0 Å². The van der Waals surface area contributed by atoms with Gasteiger partial charge in [-0.2, -0.15) is 0 Å². The summed E-state index contributed by atoms with van der Waals surface area (Å²) in [6.07, 6.45) is 4.67. The van der Waals surface area contributed by atoms with E-state index in [2.05, 4.69) is 29.2 Å². The fourth-order valence-electron chi connectivity index (χ4n) is 3.45. The molecule has 3 N–H and O–H groups in total. The summed E-state index contributed by atoms with van der Waals surface area (Å²) in [5, 5.41) is 9.65. The molecule has 0 saturated carbocycles. The van der Waals surface area contributed by atoms with Crippen LogP contribution in [0.2, 0.25) is 0 Å². The van der Waals surface area contributed by atoms with E-state index in [-0.39, 0.29) is 0 Å². The molecule has 1 aromatic carbocycles. The number of likely N-dealkylation sites (tertiary alicyclic amines) is 1. The molecule has 5 heteroatoms. The number of aromatic nitrogens is 1. The van der Waals surface area contributed by atoms with Crippen molar-refractivity contribution in [2.24, 2.45) is 5.92 Å². The van der Waals surface area contributed by atoms with Crippen molar-refractivity contribution in [3.63, 3.8) is 0 Å². The van der Waals surface area contributed by atoms with Crippen molar-refractivity contribution in [3.8, 4) is 0 Å². The highest BCUT2D eigenvalue weighted by atomic mass is 16.4. The van der Waals surface area contributed by atoms with E-state index in [1.165, 1.54) is 5.56 Å². The van der Waals surface area contributed by atoms with Gasteiger partial charge in [0.25, 0.3) is 0 Å². The van der Waals surface area contributed by atoms with Crippen molar-refractivity contribution in [2.75, 3.05) is 18.8 Å². The first-order valence-corrected chi connectivity index (χ1v) is 8.35. The molecule has 3 rings (SSSR count). The summed E-state index contributed by atoms with van der Waals surface area (Å²) in [7, 11) is 0. The second kappa shape index (κ2) is 7.45. The van der Waals surface area contributed by atoms with Crippen LogP contribution in [0.25, 0.3) is 0 Å². The van der Waals surface area contributed by atoms with E-state index in [9.17, 15) is 9.90 Å². The van der Waals surface area contributed by atoms with Crippen molar-refractivity contribution in [1.82, 2.24) is 9.88 Å². The van der Waals surface area contributed by atoms with Gasteiger partial charge in [0, 0.05) is 6.20 Å². The monoisotopic (exact) mass is 325 g/mol. The lowest BCUT2D eigenvalue weighted by Gasteiger charge is -2.35. The number of nitrogen functional groups attached to an aromatic ring is 1. The van der Waals surface area contributed by atoms with Crippen LogP contribution in [-0.4, -0.2) is 34.0 Å². The molecule has 0 unspecified atom stereocenters. The molecule has 2 aromatic rings. The van der Waals surface area contributed by atoms with E-state index in [0.29, 0.717) is 17.3 Å². The minimum atomic E-state index is -0.830. The van der Waals surface area contributed by atoms with Crippen LogP contribution in [0.1, 0.15) is 30.0 Å². The lowest BCUT2D eigenvalue weighted by Crippen LogP contribution is -2.40. The second-order valence-corrected chi connectivity index (χ2v) is 6.43. The molecule has 1 saturated heterocycles. The molecule has 0 amide bonds. The molecule has 2 heterocycles. The van der Waals surface area contributed by atoms with Gasteiger partial charge in [-0.15, -0.1) is 0 Å². The first-order valence-electron chi connectivity index (χ1n) is 8.35. The highest BCUT2D eigenvalue weighted by Gasteiger charge is 2.31. The molecule has 0 aliphatic carbocycles. The van der Waals surface area contributed by atoms with E-state index in [0.717, 1.165) is 32.4 Å². The molecule has 126 valence electrons. The van der Waals surface area contributed by atoms with E-state index in [1.807, 2.05) is 11.0 Å². The number of pyridine rings is 1. The minimum Gasteiger partial charge on any atom is -0.480 e. The topological polar surface area (TPSA) is 79.5 Å². The molecule has 0 radical (unpaired) electrons. The Kier molecular flexibility index (Phi) is 5.11. The van der Waals surface area contributed by atoms with Crippen LogP contribution in [0.4, 0.5) is 5.82 Å². The normalized spacial score (nSPS) is 17.5. The number of carboxylic acids is 1. The largest absolute Gasteiger partial charge is 0.480 e. The quantitative estimate of drug-likeness (QED) is 0.883. The lowest BCUT2D eigenvalue weighted by atomic mass is 9.89. The van der Waals surface area contributed by atoms with E-state index in [1.54, 1.807) is 18.3 Å². The van der Waals surface area contributed by atoms with Gasteiger partial charge in [0.2, 0.25) is 0 Å². The van der Waals surface area contributed by atoms with Gasteiger partial charge in [0.05, 0.1) is 0 Å². The van der Waals surface area contributed by atoms with E-state index in [4.69, 9.17) is 5.73 Å². The zero-order valence-electron chi connectivity index (χ0n) is 13.6. The van der Waals surface area contributed by atoms with Crippen molar-refractivity contribution < 1.29 is 9.90 Å². The summed E-state index contributed by atoms with van der Waals surface area (Å²) < 4.78 is 0. The average Bonchev–Trinajstić information content (AvgIpc) is 2.59. The first-order chi connectivity index (χ1) is 11.6. The Labute approximate surface area is 142 Å². The van der Waals surface area contributed by atoms with Crippen molar-refractivity contribution in [3.05, 3.63) is 59.8 Å². The van der Waals surface area contributed by atoms with Crippen molar-refractivity contribution in [2.45, 2.75) is 25.3 Å². The number of nitrogens with two attached hydrogens (primary N) is 1. The highest BCUT2D eigenvalue weighted by Crippen LogP contribution is 2.28. The van der Waals surface area contributed by atoms with Gasteiger partial charge in [0.15, 0.2) is 0 Å². The Hall–Kier alpha value is -2.40. The molecular formula is C19H23N3O2. The van der Waals surface area contributed by atoms with Crippen LogP contribution in [-0.2, 0) is 11.2 Å². The predicted octanol–water partition coefficient (Wildman–Crippen LogP) is 2.74. The Bertz CT molecular complexity index is 665. The van der Waals surface area contributed by atoms with Gasteiger partial charge < -0.3 is 10.8 Å². The molecular weight excluding hydrogens is 302 g/mol. The highest BCUT2D eigenvalue weighted by molar-refractivity contribution is 5.75. The molecule has 1 aliphatic rings. The van der Waals surface area contributed by atoms with Crippen LogP contribution < -0.4 is 5.73 Å². The number of nitrogens with zero attached hydrogens (tertiary/aromatic N) is 2. The molecule has 1 atom stereocenters. The summed E-state index contributed by atoms with van der Waals surface area (Å²) in [5.41, 5.74) is 7.65. The molecule has 0 spiro atoms. The summed E-state index contributed by atoms with van der Waals surface area (Å²) in [4.78, 5) is 17.8. The van der Waals surface area contributed by atoms with Gasteiger partial charge in [-0.1, -0.05) is 36.4 Å². The van der Waals surface area contributed by atoms with Crippen LogP contribution in [0.15, 0.2) is 48.7 Å². The average molecular weight is 325 g/mol. The van der Waals surface area contributed by atoms with Gasteiger partial charge in [-0.05, 0) is 55.5 Å². The van der Waals surface area contributed by atoms with Crippen molar-refractivity contribution >= 4 is 11.8 Å². The summed E-state index contributed by atoms with van der Waals surface area (Å²) in [5.74, 6) is 0.190. The number of carboxylic acid groups (broad SMARTS) is 1. The third-order valence-corrected chi connectivity index (χ3v) is 4.74. The number of rotatable bonds is 5. The van der Waals surface area contributed by atoms with Gasteiger partial charge in [0.1, 0.15) is 11.9 Å². The van der Waals surface area contributed by atoms with Crippen LogP contribution >= 0.6 is 0 Å². The minimum absolute atomic E-state index is 0.407. The molecule has 5 nitrogen and oxygen atoms in total. The molecule has 0 bridgehead atoms. The third kappa shape index (κ3) is 3.92. The maximum Gasteiger partial charge on any atom is 0.325 e. The number of hydrogen-bond acceptors (Lipinski definition) is 4. The Morgan fingerprint density at radius 2 is 1.92 bits per heavy atom. The maximum atomic E-state index is 11.8. The molecule has 1 fully saturated rings. The molecule has 1 aliphatic heterocycles. The second-order valence-electron chi connectivity index (χ2n) is 6.43. The van der Waals surface area contributed by atoms with Crippen LogP contribution in [0.5, 0.6) is 0 Å². The third-order valence-electron chi connectivity index (χ3n) is 4.74. The Morgan fingerprint density at radius 3 is 2.50 bits per heavy atom. The Morgan fingerprint density at radius 1 is 1.21 bits per heavy atom. The number of anilines is 1. The van der Waals surface area contributed by atoms with E-state index >= 15 is 0 Å². The van der Waals surface area contributed by atoms with Crippen molar-refractivity contribution in [1.29, 1.82) is 0 Å². The standard InChI is InChI=1S/C19H23N3O2/c20-17-7-6-16(13-21-17)18(19(23)24)22-10-8-15(9-11-22)12-14-4-2-1-3-5-14/h1-7,13,15,18H,8-12H2,(H2,20,21)(H,23,24)/t18-/m1/s1. The fraction of sp³-hybridized carbons (Fsp3) is 0.368.